The number of benzene rings is 1. The van der Waals surface area contributed by atoms with Gasteiger partial charge in [-0.1, -0.05) is 26.0 Å². The van der Waals surface area contributed by atoms with Gasteiger partial charge in [-0.05, 0) is 46.1 Å². The summed E-state index contributed by atoms with van der Waals surface area (Å²) in [7, 11) is 0. The molecule has 0 bridgehead atoms. The molecule has 0 aromatic heterocycles. The molecule has 0 saturated heterocycles. The lowest BCUT2D eigenvalue weighted by atomic mass is 10.0. The van der Waals surface area contributed by atoms with Crippen molar-refractivity contribution >= 4 is 33.6 Å². The van der Waals surface area contributed by atoms with E-state index in [4.69, 9.17) is 22.5 Å². The van der Waals surface area contributed by atoms with Crippen molar-refractivity contribution in [1.29, 1.82) is 0 Å². The molecule has 0 N–H and O–H groups in total. The Labute approximate surface area is 88.0 Å². The summed E-state index contributed by atoms with van der Waals surface area (Å²) < 4.78 is 11.2. The zero-order valence-corrected chi connectivity index (χ0v) is 9.90. The molecular weight excluding hydrogens is 226 g/mol. The minimum atomic E-state index is -3.12. The van der Waals surface area contributed by atoms with E-state index in [9.17, 15) is 4.57 Å². The first kappa shape index (κ1) is 11.1. The molecule has 1 aromatic rings. The molecule has 0 radical (unpaired) electrons. The third kappa shape index (κ3) is 3.02. The van der Waals surface area contributed by atoms with Crippen molar-refractivity contribution in [2.24, 2.45) is 0 Å². The Kier molecular flexibility index (Phi) is 3.45. The van der Waals surface area contributed by atoms with Crippen LogP contribution in [-0.2, 0) is 4.57 Å². The molecular formula is C9H11Cl2OP. The molecule has 4 heteroatoms. The standard InChI is InChI=1S/C9H11Cl2OP/c1-7(2)8-3-5-9(6-4-8)13(10,11)12/h3-7H,1-2H3. The van der Waals surface area contributed by atoms with Crippen molar-refractivity contribution in [2.45, 2.75) is 19.8 Å². The fourth-order valence-electron chi connectivity index (χ4n) is 1.03. The van der Waals surface area contributed by atoms with Gasteiger partial charge in [0.15, 0.2) is 0 Å². The molecule has 0 heterocycles. The molecule has 0 spiro atoms. The van der Waals surface area contributed by atoms with Gasteiger partial charge in [-0.3, -0.25) is 4.57 Å². The predicted molar refractivity (Wildman–Crippen MR) is 59.5 cm³/mol. The Hall–Kier alpha value is 0.0300. The van der Waals surface area contributed by atoms with Gasteiger partial charge in [0, 0.05) is 5.30 Å². The van der Waals surface area contributed by atoms with Crippen molar-refractivity contribution in [1.82, 2.24) is 0 Å². The molecule has 0 atom stereocenters. The monoisotopic (exact) mass is 236 g/mol. The largest absolute Gasteiger partial charge is 0.284 e. The van der Waals surface area contributed by atoms with Gasteiger partial charge in [0.25, 0.3) is 5.85 Å². The molecule has 1 rings (SSSR count). The van der Waals surface area contributed by atoms with Crippen LogP contribution in [0.2, 0.25) is 0 Å². The highest BCUT2D eigenvalue weighted by Gasteiger charge is 2.16. The zero-order chi connectivity index (χ0) is 10.1. The van der Waals surface area contributed by atoms with E-state index in [0.717, 1.165) is 0 Å². The summed E-state index contributed by atoms with van der Waals surface area (Å²) in [5.74, 6) is -2.67. The molecule has 1 nitrogen and oxygen atoms in total. The maximum atomic E-state index is 11.2. The first-order valence-corrected chi connectivity index (χ1v) is 7.53. The van der Waals surface area contributed by atoms with Gasteiger partial charge in [0.05, 0.1) is 0 Å². The van der Waals surface area contributed by atoms with E-state index in [1.54, 1.807) is 12.1 Å². The van der Waals surface area contributed by atoms with E-state index >= 15 is 0 Å². The second-order valence-electron chi connectivity index (χ2n) is 3.21. The van der Waals surface area contributed by atoms with Crippen LogP contribution in [-0.4, -0.2) is 0 Å². The molecule has 0 fully saturated rings. The average Bonchev–Trinajstić information content (AvgIpc) is 2.03. The molecule has 0 saturated carbocycles. The smallest absolute Gasteiger partial charge is 0.281 e. The molecule has 0 amide bonds. The van der Waals surface area contributed by atoms with Gasteiger partial charge in [0.2, 0.25) is 0 Å². The summed E-state index contributed by atoms with van der Waals surface area (Å²) in [6.07, 6.45) is 0. The molecule has 1 aromatic carbocycles. The number of hydrogen-bond acceptors (Lipinski definition) is 1. The van der Waals surface area contributed by atoms with Crippen LogP contribution in [0.1, 0.15) is 25.3 Å². The highest BCUT2D eigenvalue weighted by molar-refractivity contribution is 8.13. The van der Waals surface area contributed by atoms with Crippen molar-refractivity contribution in [3.05, 3.63) is 29.8 Å². The third-order valence-electron chi connectivity index (χ3n) is 1.86. The van der Waals surface area contributed by atoms with Gasteiger partial charge in [-0.2, -0.15) is 0 Å². The Morgan fingerprint density at radius 1 is 1.15 bits per heavy atom. The quantitative estimate of drug-likeness (QED) is 0.707. The highest BCUT2D eigenvalue weighted by Crippen LogP contribution is 2.55. The lowest BCUT2D eigenvalue weighted by Crippen LogP contribution is -1.98. The van der Waals surface area contributed by atoms with E-state index in [-0.39, 0.29) is 0 Å². The van der Waals surface area contributed by atoms with E-state index in [1.807, 2.05) is 12.1 Å². The molecule has 72 valence electrons. The van der Waals surface area contributed by atoms with Crippen LogP contribution in [0.3, 0.4) is 0 Å². The van der Waals surface area contributed by atoms with Gasteiger partial charge in [-0.15, -0.1) is 0 Å². The Morgan fingerprint density at radius 2 is 1.62 bits per heavy atom. The van der Waals surface area contributed by atoms with Gasteiger partial charge >= 0.3 is 0 Å². The van der Waals surface area contributed by atoms with Crippen LogP contribution in [0, 0.1) is 0 Å². The molecule has 0 unspecified atom stereocenters. The SMILES string of the molecule is CC(C)c1ccc(P(=O)(Cl)Cl)cc1. The van der Waals surface area contributed by atoms with Gasteiger partial charge < -0.3 is 0 Å². The summed E-state index contributed by atoms with van der Waals surface area (Å²) in [4.78, 5) is 0. The van der Waals surface area contributed by atoms with Crippen LogP contribution in [0.5, 0.6) is 0 Å². The van der Waals surface area contributed by atoms with Crippen molar-refractivity contribution < 1.29 is 4.57 Å². The maximum Gasteiger partial charge on any atom is 0.281 e. The summed E-state index contributed by atoms with van der Waals surface area (Å²) >= 11 is 11.0. The first-order chi connectivity index (χ1) is 5.91. The van der Waals surface area contributed by atoms with E-state index < -0.39 is 5.85 Å². The molecule has 0 aliphatic rings. The Balaban J connectivity index is 3.01. The first-order valence-electron chi connectivity index (χ1n) is 4.01. The minimum Gasteiger partial charge on any atom is -0.284 e. The van der Waals surface area contributed by atoms with Crippen LogP contribution < -0.4 is 5.30 Å². The molecule has 0 aliphatic carbocycles. The number of halogens is 2. The topological polar surface area (TPSA) is 17.1 Å². The van der Waals surface area contributed by atoms with Crippen molar-refractivity contribution in [3.63, 3.8) is 0 Å². The lowest BCUT2D eigenvalue weighted by molar-refractivity contribution is 0.597. The maximum absolute atomic E-state index is 11.2. The Morgan fingerprint density at radius 3 is 1.92 bits per heavy atom. The number of hydrogen-bond donors (Lipinski definition) is 0. The Bertz CT molecular complexity index is 326. The fourth-order valence-corrected chi connectivity index (χ4v) is 2.21. The van der Waals surface area contributed by atoms with Crippen molar-refractivity contribution in [2.75, 3.05) is 0 Å². The fraction of sp³-hybridized carbons (Fsp3) is 0.333. The normalized spacial score (nSPS) is 12.1. The highest BCUT2D eigenvalue weighted by atomic mass is 35.9. The molecule has 13 heavy (non-hydrogen) atoms. The third-order valence-corrected chi connectivity index (χ3v) is 3.93. The van der Waals surface area contributed by atoms with Gasteiger partial charge in [0.1, 0.15) is 0 Å². The second-order valence-corrected chi connectivity index (χ2v) is 8.02. The van der Waals surface area contributed by atoms with Crippen molar-refractivity contribution in [3.8, 4) is 0 Å². The summed E-state index contributed by atoms with van der Waals surface area (Å²) in [6.45, 7) is 4.19. The second kappa shape index (κ2) is 4.04. The van der Waals surface area contributed by atoms with E-state index in [0.29, 0.717) is 11.2 Å². The molecule has 0 aliphatic heterocycles. The van der Waals surface area contributed by atoms with Crippen LogP contribution in [0.25, 0.3) is 0 Å². The van der Waals surface area contributed by atoms with Crippen LogP contribution >= 0.6 is 28.3 Å². The van der Waals surface area contributed by atoms with E-state index in [2.05, 4.69) is 13.8 Å². The van der Waals surface area contributed by atoms with Crippen LogP contribution in [0.15, 0.2) is 24.3 Å². The van der Waals surface area contributed by atoms with Gasteiger partial charge in [-0.25, -0.2) is 0 Å². The average molecular weight is 237 g/mol. The summed E-state index contributed by atoms with van der Waals surface area (Å²) in [5.41, 5.74) is 1.19. The zero-order valence-electron chi connectivity index (χ0n) is 7.50. The van der Waals surface area contributed by atoms with Crippen LogP contribution in [0.4, 0.5) is 0 Å². The predicted octanol–water partition coefficient (Wildman–Crippen LogP) is 4.11. The minimum absolute atomic E-state index is 0.457. The summed E-state index contributed by atoms with van der Waals surface area (Å²) in [5, 5.41) is 0.500. The van der Waals surface area contributed by atoms with E-state index in [1.165, 1.54) is 5.56 Å². The summed E-state index contributed by atoms with van der Waals surface area (Å²) in [6, 6.07) is 7.24. The number of rotatable bonds is 2. The lowest BCUT2D eigenvalue weighted by Gasteiger charge is -2.06.